The normalized spacial score (nSPS) is 17.4. The number of hydrogen-bond acceptors (Lipinski definition) is 5. The van der Waals surface area contributed by atoms with Crippen LogP contribution in [0.4, 0.5) is 0 Å². The fourth-order valence-corrected chi connectivity index (χ4v) is 2.91. The van der Waals surface area contributed by atoms with Crippen LogP contribution in [-0.4, -0.2) is 36.2 Å². The highest BCUT2D eigenvalue weighted by Gasteiger charge is 2.18. The summed E-state index contributed by atoms with van der Waals surface area (Å²) in [5.41, 5.74) is 5.85. The van der Waals surface area contributed by atoms with E-state index in [0.717, 1.165) is 23.7 Å². The number of fused-ring (bicyclic) bond motifs is 1. The third-order valence-electron chi connectivity index (χ3n) is 4.04. The lowest BCUT2D eigenvalue weighted by Gasteiger charge is -2.16. The van der Waals surface area contributed by atoms with Gasteiger partial charge in [0.05, 0.1) is 11.7 Å². The average Bonchev–Trinajstić information content (AvgIpc) is 3.05. The van der Waals surface area contributed by atoms with Crippen molar-refractivity contribution in [2.24, 2.45) is 5.73 Å². The van der Waals surface area contributed by atoms with E-state index in [0.29, 0.717) is 29.8 Å². The Balaban J connectivity index is 1.95. The van der Waals surface area contributed by atoms with Crippen molar-refractivity contribution in [3.8, 4) is 11.6 Å². The number of aromatic nitrogens is 1. The highest BCUT2D eigenvalue weighted by Crippen LogP contribution is 2.31. The quantitative estimate of drug-likeness (QED) is 0.849. The maximum absolute atomic E-state index is 11.7. The molecule has 1 unspecified atom stereocenters. The van der Waals surface area contributed by atoms with E-state index in [-0.39, 0.29) is 6.10 Å². The second kappa shape index (κ2) is 7.05. The van der Waals surface area contributed by atoms with E-state index >= 15 is 0 Å². The number of benzene rings is 1. The van der Waals surface area contributed by atoms with Crippen molar-refractivity contribution in [2.75, 3.05) is 13.2 Å². The molecule has 6 nitrogen and oxygen atoms in total. The molecule has 3 rings (SSSR count). The van der Waals surface area contributed by atoms with Gasteiger partial charge in [0, 0.05) is 17.6 Å². The lowest BCUT2D eigenvalue weighted by Crippen LogP contribution is -2.28. The summed E-state index contributed by atoms with van der Waals surface area (Å²) in [5.74, 6) is 0.495. The Labute approximate surface area is 141 Å². The number of amides is 1. The van der Waals surface area contributed by atoms with Gasteiger partial charge >= 0.3 is 0 Å². The number of ether oxygens (including phenoxy) is 2. The van der Waals surface area contributed by atoms with Crippen LogP contribution in [-0.2, 0) is 0 Å². The Morgan fingerprint density at radius 2 is 2.29 bits per heavy atom. The number of nitrogens with two attached hydrogens (primary N) is 1. The van der Waals surface area contributed by atoms with Crippen LogP contribution in [0.3, 0.4) is 0 Å². The summed E-state index contributed by atoms with van der Waals surface area (Å²) < 4.78 is 11.7. The SMILES string of the molecule is CC(C)Oc1cc2c(OCC3CCCN3)nccc2cc1C(N)=O. The molecule has 1 saturated heterocycles. The number of carbonyl (C=O) groups excluding carboxylic acids is 1. The minimum absolute atomic E-state index is 0.0655. The predicted molar refractivity (Wildman–Crippen MR) is 92.5 cm³/mol. The molecule has 3 N–H and O–H groups in total. The van der Waals surface area contributed by atoms with Crippen LogP contribution in [0.1, 0.15) is 37.0 Å². The fourth-order valence-electron chi connectivity index (χ4n) is 2.91. The summed E-state index contributed by atoms with van der Waals surface area (Å²) in [6, 6.07) is 5.72. The van der Waals surface area contributed by atoms with Crippen LogP contribution >= 0.6 is 0 Å². The molecule has 24 heavy (non-hydrogen) atoms. The van der Waals surface area contributed by atoms with Gasteiger partial charge in [-0.1, -0.05) is 0 Å². The smallest absolute Gasteiger partial charge is 0.252 e. The topological polar surface area (TPSA) is 86.5 Å². The Kier molecular flexibility index (Phi) is 4.85. The van der Waals surface area contributed by atoms with E-state index in [1.807, 2.05) is 19.9 Å². The third kappa shape index (κ3) is 3.59. The predicted octanol–water partition coefficient (Wildman–Crippen LogP) is 2.25. The lowest BCUT2D eigenvalue weighted by molar-refractivity contribution is 0.0994. The van der Waals surface area contributed by atoms with Crippen molar-refractivity contribution < 1.29 is 14.3 Å². The van der Waals surface area contributed by atoms with Gasteiger partial charge in [-0.3, -0.25) is 4.79 Å². The molecule has 6 heteroatoms. The van der Waals surface area contributed by atoms with Gasteiger partial charge in [-0.25, -0.2) is 4.98 Å². The number of primary amides is 1. The summed E-state index contributed by atoms with van der Waals surface area (Å²) in [7, 11) is 0. The van der Waals surface area contributed by atoms with Gasteiger partial charge in [0.15, 0.2) is 0 Å². The molecular formula is C18H23N3O3. The van der Waals surface area contributed by atoms with Crippen LogP contribution in [0.2, 0.25) is 0 Å². The molecule has 1 aliphatic heterocycles. The highest BCUT2D eigenvalue weighted by molar-refractivity contribution is 6.01. The lowest BCUT2D eigenvalue weighted by atomic mass is 10.1. The van der Waals surface area contributed by atoms with Crippen molar-refractivity contribution in [1.29, 1.82) is 0 Å². The number of pyridine rings is 1. The molecule has 1 aromatic heterocycles. The second-order valence-electron chi connectivity index (χ2n) is 6.32. The van der Waals surface area contributed by atoms with Gasteiger partial charge in [-0.05, 0) is 56.8 Å². The van der Waals surface area contributed by atoms with Gasteiger partial charge in [-0.2, -0.15) is 0 Å². The average molecular weight is 329 g/mol. The zero-order valence-corrected chi connectivity index (χ0v) is 14.0. The zero-order chi connectivity index (χ0) is 17.1. The first-order chi connectivity index (χ1) is 11.5. The number of nitrogens with one attached hydrogen (secondary N) is 1. The van der Waals surface area contributed by atoms with Crippen LogP contribution in [0.15, 0.2) is 24.4 Å². The fraction of sp³-hybridized carbons (Fsp3) is 0.444. The molecule has 1 amide bonds. The molecule has 1 atom stereocenters. The second-order valence-corrected chi connectivity index (χ2v) is 6.32. The van der Waals surface area contributed by atoms with Crippen LogP contribution < -0.4 is 20.5 Å². The summed E-state index contributed by atoms with van der Waals surface area (Å²) >= 11 is 0. The summed E-state index contributed by atoms with van der Waals surface area (Å²) in [6.45, 7) is 5.41. The first-order valence-electron chi connectivity index (χ1n) is 8.30. The van der Waals surface area contributed by atoms with Gasteiger partial charge in [-0.15, -0.1) is 0 Å². The third-order valence-corrected chi connectivity index (χ3v) is 4.04. The Bertz CT molecular complexity index is 740. The Hall–Kier alpha value is -2.34. The summed E-state index contributed by atoms with van der Waals surface area (Å²) in [6.07, 6.45) is 3.89. The molecule has 1 aliphatic rings. The molecule has 0 bridgehead atoms. The zero-order valence-electron chi connectivity index (χ0n) is 14.0. The molecule has 0 radical (unpaired) electrons. The standard InChI is InChI=1S/C18H23N3O3/c1-11(2)24-16-9-14-12(8-15(16)17(19)22)5-7-21-18(14)23-10-13-4-3-6-20-13/h5,7-9,11,13,20H,3-4,6,10H2,1-2H3,(H2,19,22). The first-order valence-corrected chi connectivity index (χ1v) is 8.30. The Morgan fingerprint density at radius 1 is 1.46 bits per heavy atom. The number of rotatable bonds is 6. The minimum Gasteiger partial charge on any atom is -0.490 e. The van der Waals surface area contributed by atoms with Gasteiger partial charge in [0.2, 0.25) is 5.88 Å². The van der Waals surface area contributed by atoms with Crippen LogP contribution in [0.25, 0.3) is 10.8 Å². The molecule has 1 fully saturated rings. The maximum atomic E-state index is 11.7. The van der Waals surface area contributed by atoms with E-state index in [1.165, 1.54) is 6.42 Å². The van der Waals surface area contributed by atoms with Gasteiger partial charge in [0.25, 0.3) is 5.91 Å². The number of carbonyl (C=O) groups is 1. The molecular weight excluding hydrogens is 306 g/mol. The highest BCUT2D eigenvalue weighted by atomic mass is 16.5. The summed E-state index contributed by atoms with van der Waals surface area (Å²) in [4.78, 5) is 16.1. The molecule has 2 heterocycles. The molecule has 0 spiro atoms. The number of hydrogen-bond donors (Lipinski definition) is 2. The van der Waals surface area contributed by atoms with Crippen molar-refractivity contribution >= 4 is 16.7 Å². The molecule has 1 aromatic carbocycles. The minimum atomic E-state index is -0.512. The van der Waals surface area contributed by atoms with Crippen molar-refractivity contribution in [3.63, 3.8) is 0 Å². The number of nitrogens with zero attached hydrogens (tertiary/aromatic N) is 1. The monoisotopic (exact) mass is 329 g/mol. The van der Waals surface area contributed by atoms with Crippen LogP contribution in [0, 0.1) is 0 Å². The molecule has 0 aliphatic carbocycles. The molecule has 2 aromatic rings. The van der Waals surface area contributed by atoms with Crippen LogP contribution in [0.5, 0.6) is 11.6 Å². The summed E-state index contributed by atoms with van der Waals surface area (Å²) in [5, 5.41) is 5.06. The Morgan fingerprint density at radius 3 is 2.96 bits per heavy atom. The van der Waals surface area contributed by atoms with Crippen molar-refractivity contribution in [1.82, 2.24) is 10.3 Å². The molecule has 128 valence electrons. The molecule has 0 saturated carbocycles. The van der Waals surface area contributed by atoms with E-state index < -0.39 is 5.91 Å². The van der Waals surface area contributed by atoms with E-state index in [4.69, 9.17) is 15.2 Å². The maximum Gasteiger partial charge on any atom is 0.252 e. The van der Waals surface area contributed by atoms with Gasteiger partial charge < -0.3 is 20.5 Å². The van der Waals surface area contributed by atoms with E-state index in [9.17, 15) is 4.79 Å². The first kappa shape index (κ1) is 16.5. The van der Waals surface area contributed by atoms with Crippen molar-refractivity contribution in [2.45, 2.75) is 38.8 Å². The van der Waals surface area contributed by atoms with Gasteiger partial charge in [0.1, 0.15) is 12.4 Å². The van der Waals surface area contributed by atoms with E-state index in [2.05, 4.69) is 10.3 Å². The van der Waals surface area contributed by atoms with Crippen molar-refractivity contribution in [3.05, 3.63) is 30.0 Å². The van der Waals surface area contributed by atoms with E-state index in [1.54, 1.807) is 18.3 Å². The largest absolute Gasteiger partial charge is 0.490 e.